The molecular weight excluding hydrogens is 270 g/mol. The highest BCUT2D eigenvalue weighted by atomic mass is 16.6. The van der Waals surface area contributed by atoms with Crippen LogP contribution >= 0.6 is 0 Å². The fraction of sp³-hybridized carbons (Fsp3) is 0.533. The molecular formula is C15H25N3O3. The van der Waals surface area contributed by atoms with Gasteiger partial charge < -0.3 is 20.5 Å². The first-order valence-corrected chi connectivity index (χ1v) is 6.86. The fourth-order valence-electron chi connectivity index (χ4n) is 1.74. The molecule has 4 N–H and O–H groups in total. The Morgan fingerprint density at radius 3 is 2.62 bits per heavy atom. The lowest BCUT2D eigenvalue weighted by molar-refractivity contribution is 0.0636. The molecule has 1 aromatic carbocycles. The number of nitrogens with two attached hydrogens (primary N) is 1. The van der Waals surface area contributed by atoms with Crippen molar-refractivity contribution in [3.8, 4) is 0 Å². The molecule has 0 fully saturated rings. The number of nitrogens with one attached hydrogen (secondary N) is 2. The smallest absolute Gasteiger partial charge is 0.412 e. The number of carbonyl (C=O) groups is 1. The lowest BCUT2D eigenvalue weighted by atomic mass is 10.2. The van der Waals surface area contributed by atoms with Crippen LogP contribution in [0.1, 0.15) is 27.7 Å². The summed E-state index contributed by atoms with van der Waals surface area (Å²) in [4.78, 5) is 11.7. The summed E-state index contributed by atoms with van der Waals surface area (Å²) >= 11 is 0. The van der Waals surface area contributed by atoms with Gasteiger partial charge in [0.05, 0.1) is 18.0 Å². The molecule has 1 amide bonds. The lowest BCUT2D eigenvalue weighted by Gasteiger charge is -2.20. The molecule has 0 heterocycles. The third-order valence-corrected chi connectivity index (χ3v) is 2.52. The summed E-state index contributed by atoms with van der Waals surface area (Å²) in [6.45, 7) is 7.99. The molecule has 0 bridgehead atoms. The summed E-state index contributed by atoms with van der Waals surface area (Å²) in [5.41, 5.74) is 7.35. The van der Waals surface area contributed by atoms with Crippen molar-refractivity contribution in [3.05, 3.63) is 18.2 Å². The van der Waals surface area contributed by atoms with Gasteiger partial charge in [-0.25, -0.2) is 4.79 Å². The van der Waals surface area contributed by atoms with Crippen molar-refractivity contribution in [1.29, 1.82) is 0 Å². The van der Waals surface area contributed by atoms with Gasteiger partial charge in [-0.3, -0.25) is 5.32 Å². The highest BCUT2D eigenvalue weighted by Crippen LogP contribution is 2.24. The van der Waals surface area contributed by atoms with Gasteiger partial charge in [0.15, 0.2) is 0 Å². The van der Waals surface area contributed by atoms with Gasteiger partial charge in [-0.05, 0) is 45.9 Å². The number of anilines is 3. The minimum Gasteiger partial charge on any atom is -0.444 e. The number of rotatable bonds is 5. The van der Waals surface area contributed by atoms with E-state index in [1.54, 1.807) is 25.3 Å². The van der Waals surface area contributed by atoms with Crippen LogP contribution in [-0.2, 0) is 9.47 Å². The fourth-order valence-corrected chi connectivity index (χ4v) is 1.74. The topological polar surface area (TPSA) is 85.6 Å². The highest BCUT2D eigenvalue weighted by molar-refractivity contribution is 5.87. The zero-order chi connectivity index (χ0) is 16.0. The Morgan fingerprint density at radius 1 is 1.38 bits per heavy atom. The van der Waals surface area contributed by atoms with Crippen molar-refractivity contribution in [2.45, 2.75) is 39.3 Å². The Bertz CT molecular complexity index is 484. The first-order chi connectivity index (χ1) is 9.71. The average molecular weight is 295 g/mol. The van der Waals surface area contributed by atoms with Gasteiger partial charge in [0.2, 0.25) is 0 Å². The Hall–Kier alpha value is -1.95. The van der Waals surface area contributed by atoms with E-state index in [-0.39, 0.29) is 6.04 Å². The second-order valence-corrected chi connectivity index (χ2v) is 5.93. The molecule has 118 valence electrons. The Labute approximate surface area is 126 Å². The Balaban J connectivity index is 2.75. The van der Waals surface area contributed by atoms with Crippen molar-refractivity contribution in [3.63, 3.8) is 0 Å². The molecule has 6 nitrogen and oxygen atoms in total. The first-order valence-electron chi connectivity index (χ1n) is 6.86. The SMILES string of the molecule is COCC(C)Nc1cc(NC(=O)OC(C)(C)C)ccc1N. The van der Waals surface area contributed by atoms with Crippen LogP contribution in [0.15, 0.2) is 18.2 Å². The predicted molar refractivity (Wildman–Crippen MR) is 85.7 cm³/mol. The molecule has 0 spiro atoms. The van der Waals surface area contributed by atoms with Crippen LogP contribution in [0.3, 0.4) is 0 Å². The van der Waals surface area contributed by atoms with E-state index >= 15 is 0 Å². The third kappa shape index (κ3) is 6.35. The lowest BCUT2D eigenvalue weighted by Crippen LogP contribution is -2.27. The maximum Gasteiger partial charge on any atom is 0.412 e. The molecule has 6 heteroatoms. The number of nitrogen functional groups attached to an aromatic ring is 1. The molecule has 0 aromatic heterocycles. The summed E-state index contributed by atoms with van der Waals surface area (Å²) in [6.07, 6.45) is -0.497. The molecule has 0 aliphatic rings. The molecule has 0 radical (unpaired) electrons. The van der Waals surface area contributed by atoms with E-state index in [2.05, 4.69) is 10.6 Å². The Morgan fingerprint density at radius 2 is 2.05 bits per heavy atom. The number of hydrogen-bond donors (Lipinski definition) is 3. The summed E-state index contributed by atoms with van der Waals surface area (Å²) < 4.78 is 10.3. The number of hydrogen-bond acceptors (Lipinski definition) is 5. The van der Waals surface area contributed by atoms with E-state index in [1.807, 2.05) is 27.7 Å². The van der Waals surface area contributed by atoms with Gasteiger partial charge in [0.1, 0.15) is 5.60 Å². The molecule has 0 saturated carbocycles. The molecule has 1 rings (SSSR count). The van der Waals surface area contributed by atoms with Gasteiger partial charge >= 0.3 is 6.09 Å². The van der Waals surface area contributed by atoms with Crippen LogP contribution in [-0.4, -0.2) is 31.5 Å². The number of amides is 1. The quantitative estimate of drug-likeness (QED) is 0.727. The van der Waals surface area contributed by atoms with E-state index in [1.165, 1.54) is 0 Å². The monoisotopic (exact) mass is 295 g/mol. The van der Waals surface area contributed by atoms with Crippen molar-refractivity contribution in [1.82, 2.24) is 0 Å². The van der Waals surface area contributed by atoms with E-state index in [9.17, 15) is 4.79 Å². The molecule has 1 aromatic rings. The second kappa shape index (κ2) is 7.17. The van der Waals surface area contributed by atoms with Gasteiger partial charge in [-0.1, -0.05) is 0 Å². The maximum atomic E-state index is 11.7. The van der Waals surface area contributed by atoms with Gasteiger partial charge in [0.25, 0.3) is 0 Å². The zero-order valence-corrected chi connectivity index (χ0v) is 13.3. The summed E-state index contributed by atoms with van der Waals surface area (Å²) in [5, 5.41) is 5.91. The number of methoxy groups -OCH3 is 1. The van der Waals surface area contributed by atoms with Crippen molar-refractivity contribution >= 4 is 23.2 Å². The highest BCUT2D eigenvalue weighted by Gasteiger charge is 2.16. The minimum atomic E-state index is -0.536. The van der Waals surface area contributed by atoms with E-state index in [0.29, 0.717) is 18.0 Å². The molecule has 0 aliphatic carbocycles. The zero-order valence-electron chi connectivity index (χ0n) is 13.3. The van der Waals surface area contributed by atoms with Crippen LogP contribution in [0, 0.1) is 0 Å². The average Bonchev–Trinajstić information content (AvgIpc) is 2.31. The maximum absolute atomic E-state index is 11.7. The van der Waals surface area contributed by atoms with Crippen LogP contribution in [0.4, 0.5) is 21.9 Å². The van der Waals surface area contributed by atoms with Crippen LogP contribution < -0.4 is 16.4 Å². The standard InChI is InChI=1S/C15H25N3O3/c1-10(9-20-5)17-13-8-11(6-7-12(13)16)18-14(19)21-15(2,3)4/h6-8,10,17H,9,16H2,1-5H3,(H,18,19). The van der Waals surface area contributed by atoms with Crippen LogP contribution in [0.5, 0.6) is 0 Å². The van der Waals surface area contributed by atoms with Crippen molar-refractivity contribution < 1.29 is 14.3 Å². The number of benzene rings is 1. The van der Waals surface area contributed by atoms with Gasteiger partial charge in [-0.15, -0.1) is 0 Å². The molecule has 1 unspecified atom stereocenters. The number of ether oxygens (including phenoxy) is 2. The molecule has 1 atom stereocenters. The van der Waals surface area contributed by atoms with Crippen molar-refractivity contribution in [2.24, 2.45) is 0 Å². The molecule has 21 heavy (non-hydrogen) atoms. The minimum absolute atomic E-state index is 0.106. The summed E-state index contributed by atoms with van der Waals surface area (Å²) in [6, 6.07) is 5.33. The number of carbonyl (C=O) groups excluding carboxylic acids is 1. The largest absolute Gasteiger partial charge is 0.444 e. The Kier molecular flexibility index (Phi) is 5.84. The first kappa shape index (κ1) is 17.1. The second-order valence-electron chi connectivity index (χ2n) is 5.93. The van der Waals surface area contributed by atoms with E-state index in [0.717, 1.165) is 5.69 Å². The third-order valence-electron chi connectivity index (χ3n) is 2.52. The molecule has 0 saturated heterocycles. The van der Waals surface area contributed by atoms with Crippen LogP contribution in [0.25, 0.3) is 0 Å². The van der Waals surface area contributed by atoms with Crippen LogP contribution in [0.2, 0.25) is 0 Å². The van der Waals surface area contributed by atoms with E-state index < -0.39 is 11.7 Å². The summed E-state index contributed by atoms with van der Waals surface area (Å²) in [7, 11) is 1.64. The van der Waals surface area contributed by atoms with Crippen molar-refractivity contribution in [2.75, 3.05) is 30.1 Å². The van der Waals surface area contributed by atoms with Gasteiger partial charge in [0, 0.05) is 18.8 Å². The predicted octanol–water partition coefficient (Wildman–Crippen LogP) is 3.06. The van der Waals surface area contributed by atoms with Gasteiger partial charge in [-0.2, -0.15) is 0 Å². The van der Waals surface area contributed by atoms with E-state index in [4.69, 9.17) is 15.2 Å². The summed E-state index contributed by atoms with van der Waals surface area (Å²) in [5.74, 6) is 0. The molecule has 0 aliphatic heterocycles. The normalized spacial score (nSPS) is 12.6.